The highest BCUT2D eigenvalue weighted by atomic mass is 32.2. The second-order valence-corrected chi connectivity index (χ2v) is 7.30. The van der Waals surface area contributed by atoms with Crippen LogP contribution >= 0.6 is 11.8 Å². The zero-order chi connectivity index (χ0) is 17.6. The molecule has 0 aliphatic carbocycles. The number of hydrogen-bond donors (Lipinski definition) is 0. The molecule has 0 spiro atoms. The predicted octanol–water partition coefficient (Wildman–Crippen LogP) is 3.66. The Morgan fingerprint density at radius 3 is 2.72 bits per heavy atom. The molecule has 3 rings (SSSR count). The second kappa shape index (κ2) is 8.43. The highest BCUT2D eigenvalue weighted by Gasteiger charge is 2.13. The molecule has 1 aliphatic heterocycles. The first-order valence-electron chi connectivity index (χ1n) is 8.35. The van der Waals surface area contributed by atoms with Gasteiger partial charge < -0.3 is 4.90 Å². The maximum Gasteiger partial charge on any atom is 0.137 e. The van der Waals surface area contributed by atoms with Gasteiger partial charge in [0.05, 0.1) is 0 Å². The lowest BCUT2D eigenvalue weighted by molar-refractivity contribution is -0.118. The molecule has 0 bridgehead atoms. The normalized spacial score (nSPS) is 14.6. The Morgan fingerprint density at radius 1 is 1.16 bits per heavy atom. The minimum Gasteiger partial charge on any atom is -0.355 e. The molecule has 2 heterocycles. The van der Waals surface area contributed by atoms with E-state index in [0.717, 1.165) is 42.0 Å². The summed E-state index contributed by atoms with van der Waals surface area (Å²) in [5.41, 5.74) is 1.30. The number of aryl methyl sites for hydroxylation is 1. The zero-order valence-corrected chi connectivity index (χ0v) is 14.7. The number of benzene rings is 1. The van der Waals surface area contributed by atoms with E-state index in [0.29, 0.717) is 12.8 Å². The summed E-state index contributed by atoms with van der Waals surface area (Å²) in [5.74, 6) is 1.81. The van der Waals surface area contributed by atoms with Gasteiger partial charge in [-0.3, -0.25) is 4.79 Å². The van der Waals surface area contributed by atoms with Crippen LogP contribution in [-0.4, -0.2) is 35.4 Å². The number of aromatic nitrogens is 1. The van der Waals surface area contributed by atoms with E-state index in [4.69, 9.17) is 0 Å². The van der Waals surface area contributed by atoms with Gasteiger partial charge in [0.2, 0.25) is 0 Å². The van der Waals surface area contributed by atoms with Gasteiger partial charge in [-0.1, -0.05) is 6.07 Å². The van der Waals surface area contributed by atoms with E-state index in [1.54, 1.807) is 6.20 Å². The van der Waals surface area contributed by atoms with Crippen LogP contribution in [0.4, 0.5) is 14.6 Å². The molecule has 0 unspecified atom stereocenters. The Hall–Kier alpha value is -1.95. The summed E-state index contributed by atoms with van der Waals surface area (Å²) >= 11 is 1.95. The lowest BCUT2D eigenvalue weighted by Gasteiger charge is -2.27. The molecule has 0 atom stereocenters. The van der Waals surface area contributed by atoms with Crippen molar-refractivity contribution in [2.45, 2.75) is 19.3 Å². The minimum absolute atomic E-state index is 0.00655. The van der Waals surface area contributed by atoms with Crippen molar-refractivity contribution < 1.29 is 13.6 Å². The summed E-state index contributed by atoms with van der Waals surface area (Å²) in [6.45, 7) is 1.98. The van der Waals surface area contributed by atoms with Gasteiger partial charge in [0.25, 0.3) is 0 Å². The standard InChI is InChI=1S/C19H20F2N2OS/c20-16-3-2-15(18(21)13-16)12-17(24)4-1-14-5-6-22-19(11-14)23-7-9-25-10-8-23/h2-3,5-6,11,13H,1,4,7-10,12H2. The average molecular weight is 362 g/mol. The van der Waals surface area contributed by atoms with Gasteiger partial charge in [0.15, 0.2) is 0 Å². The van der Waals surface area contributed by atoms with Crippen molar-refractivity contribution >= 4 is 23.4 Å². The van der Waals surface area contributed by atoms with Crippen LogP contribution in [-0.2, 0) is 17.6 Å². The molecule has 1 saturated heterocycles. The van der Waals surface area contributed by atoms with E-state index < -0.39 is 11.6 Å². The van der Waals surface area contributed by atoms with Crippen molar-refractivity contribution in [1.29, 1.82) is 0 Å². The molecule has 0 amide bonds. The molecule has 1 aliphatic rings. The monoisotopic (exact) mass is 362 g/mol. The fourth-order valence-corrected chi connectivity index (χ4v) is 3.73. The van der Waals surface area contributed by atoms with Gasteiger partial charge in [-0.2, -0.15) is 11.8 Å². The Labute approximate surface area is 150 Å². The van der Waals surface area contributed by atoms with Gasteiger partial charge >= 0.3 is 0 Å². The Bertz CT molecular complexity index is 748. The number of Topliss-reactive ketones (excluding diaryl/α,β-unsaturated/α-hetero) is 1. The third-order valence-electron chi connectivity index (χ3n) is 4.24. The first kappa shape index (κ1) is 17.9. The van der Waals surface area contributed by atoms with Crippen LogP contribution in [0.1, 0.15) is 17.5 Å². The number of thioether (sulfide) groups is 1. The topological polar surface area (TPSA) is 33.2 Å². The van der Waals surface area contributed by atoms with Gasteiger partial charge in [0, 0.05) is 49.7 Å². The largest absolute Gasteiger partial charge is 0.355 e. The van der Waals surface area contributed by atoms with Crippen molar-refractivity contribution in [2.24, 2.45) is 0 Å². The van der Waals surface area contributed by atoms with E-state index in [1.165, 1.54) is 12.1 Å². The van der Waals surface area contributed by atoms with Crippen LogP contribution in [0.25, 0.3) is 0 Å². The van der Waals surface area contributed by atoms with E-state index >= 15 is 0 Å². The molecule has 2 aromatic rings. The molecule has 0 radical (unpaired) electrons. The molecule has 3 nitrogen and oxygen atoms in total. The van der Waals surface area contributed by atoms with Crippen LogP contribution in [0, 0.1) is 11.6 Å². The Kier molecular flexibility index (Phi) is 6.02. The number of carbonyl (C=O) groups is 1. The van der Waals surface area contributed by atoms with Crippen LogP contribution in [0.15, 0.2) is 36.5 Å². The molecule has 0 N–H and O–H groups in total. The average Bonchev–Trinajstić information content (AvgIpc) is 2.63. The maximum atomic E-state index is 13.6. The minimum atomic E-state index is -0.664. The van der Waals surface area contributed by atoms with E-state index in [9.17, 15) is 13.6 Å². The van der Waals surface area contributed by atoms with Crippen LogP contribution in [0.5, 0.6) is 0 Å². The smallest absolute Gasteiger partial charge is 0.137 e. The molecular weight excluding hydrogens is 342 g/mol. The summed E-state index contributed by atoms with van der Waals surface area (Å²) in [6.07, 6.45) is 2.69. The molecule has 1 aromatic carbocycles. The van der Waals surface area contributed by atoms with E-state index in [2.05, 4.69) is 9.88 Å². The molecule has 25 heavy (non-hydrogen) atoms. The molecule has 0 saturated carbocycles. The van der Waals surface area contributed by atoms with Crippen molar-refractivity contribution in [1.82, 2.24) is 4.98 Å². The molecular formula is C19H20F2N2OS. The molecule has 132 valence electrons. The molecule has 1 aromatic heterocycles. The fraction of sp³-hybridized carbons (Fsp3) is 0.368. The van der Waals surface area contributed by atoms with Gasteiger partial charge in [-0.15, -0.1) is 0 Å². The van der Waals surface area contributed by atoms with Crippen molar-refractivity contribution in [3.8, 4) is 0 Å². The van der Waals surface area contributed by atoms with Crippen LogP contribution < -0.4 is 4.90 Å². The molecule has 1 fully saturated rings. The predicted molar refractivity (Wildman–Crippen MR) is 97.2 cm³/mol. The summed E-state index contributed by atoms with van der Waals surface area (Å²) < 4.78 is 26.5. The van der Waals surface area contributed by atoms with Gasteiger partial charge in [-0.25, -0.2) is 13.8 Å². The number of ketones is 1. The third kappa shape index (κ3) is 5.01. The SMILES string of the molecule is O=C(CCc1ccnc(N2CCSCC2)c1)Cc1ccc(F)cc1F. The highest BCUT2D eigenvalue weighted by Crippen LogP contribution is 2.19. The third-order valence-corrected chi connectivity index (χ3v) is 5.18. The van der Waals surface area contributed by atoms with E-state index in [1.807, 2.05) is 23.9 Å². The second-order valence-electron chi connectivity index (χ2n) is 6.07. The van der Waals surface area contributed by atoms with Gasteiger partial charge in [-0.05, 0) is 35.7 Å². The highest BCUT2D eigenvalue weighted by molar-refractivity contribution is 7.99. The summed E-state index contributed by atoms with van der Waals surface area (Å²) in [6, 6.07) is 7.27. The number of carbonyl (C=O) groups excluding carboxylic acids is 1. The van der Waals surface area contributed by atoms with Gasteiger partial charge in [0.1, 0.15) is 23.2 Å². The number of anilines is 1. The lowest BCUT2D eigenvalue weighted by atomic mass is 10.0. The number of hydrogen-bond acceptors (Lipinski definition) is 4. The van der Waals surface area contributed by atoms with Crippen molar-refractivity contribution in [2.75, 3.05) is 29.5 Å². The summed E-state index contributed by atoms with van der Waals surface area (Å²) in [7, 11) is 0. The molecule has 6 heteroatoms. The van der Waals surface area contributed by atoms with Crippen LogP contribution in [0.2, 0.25) is 0 Å². The fourth-order valence-electron chi connectivity index (χ4n) is 2.83. The first-order valence-corrected chi connectivity index (χ1v) is 9.50. The summed E-state index contributed by atoms with van der Waals surface area (Å²) in [5, 5.41) is 0. The quantitative estimate of drug-likeness (QED) is 0.785. The maximum absolute atomic E-state index is 13.6. The number of pyridine rings is 1. The lowest BCUT2D eigenvalue weighted by Crippen LogP contribution is -2.33. The number of nitrogens with zero attached hydrogens (tertiary/aromatic N) is 2. The van der Waals surface area contributed by atoms with Crippen LogP contribution in [0.3, 0.4) is 0 Å². The van der Waals surface area contributed by atoms with Crippen molar-refractivity contribution in [3.05, 3.63) is 59.3 Å². The number of halogens is 2. The Morgan fingerprint density at radius 2 is 1.96 bits per heavy atom. The van der Waals surface area contributed by atoms with Crippen molar-refractivity contribution in [3.63, 3.8) is 0 Å². The summed E-state index contributed by atoms with van der Waals surface area (Å²) in [4.78, 5) is 18.8. The van der Waals surface area contributed by atoms with E-state index in [-0.39, 0.29) is 17.8 Å². The number of rotatable bonds is 6. The first-order chi connectivity index (χ1) is 12.1. The Balaban J connectivity index is 1.56. The zero-order valence-electron chi connectivity index (χ0n) is 13.9.